The number of morpholine rings is 1. The third-order valence-electron chi connectivity index (χ3n) is 2.57. The maximum Gasteiger partial charge on any atom is 0.0991 e. The molecule has 4 nitrogen and oxygen atoms in total. The van der Waals surface area contributed by atoms with E-state index in [2.05, 4.69) is 16.7 Å². The lowest BCUT2D eigenvalue weighted by atomic mass is 10.2. The number of ether oxygens (including phenoxy) is 1. The van der Waals surface area contributed by atoms with Gasteiger partial charge < -0.3 is 15.4 Å². The zero-order valence-electron chi connectivity index (χ0n) is 9.07. The monoisotopic (exact) mass is 217 g/mol. The van der Waals surface area contributed by atoms with E-state index >= 15 is 0 Å². The van der Waals surface area contributed by atoms with E-state index in [1.165, 1.54) is 0 Å². The maximum absolute atomic E-state index is 8.67. The Kier molecular flexibility index (Phi) is 3.76. The van der Waals surface area contributed by atoms with Crippen molar-refractivity contribution in [2.75, 3.05) is 31.6 Å². The van der Waals surface area contributed by atoms with Crippen LogP contribution < -0.4 is 10.6 Å². The second kappa shape index (κ2) is 5.50. The molecule has 1 atom stereocenters. The fourth-order valence-corrected chi connectivity index (χ4v) is 1.65. The minimum absolute atomic E-state index is 0.365. The number of benzene rings is 1. The van der Waals surface area contributed by atoms with Crippen LogP contribution in [0.25, 0.3) is 0 Å². The molecular weight excluding hydrogens is 202 g/mol. The molecule has 1 fully saturated rings. The van der Waals surface area contributed by atoms with Gasteiger partial charge in [0, 0.05) is 24.8 Å². The summed E-state index contributed by atoms with van der Waals surface area (Å²) in [6.45, 7) is 3.31. The summed E-state index contributed by atoms with van der Waals surface area (Å²) in [6, 6.07) is 9.93. The molecule has 1 saturated heterocycles. The lowest BCUT2D eigenvalue weighted by Crippen LogP contribution is -2.45. The van der Waals surface area contributed by atoms with E-state index in [0.717, 1.165) is 32.0 Å². The average Bonchev–Trinajstić information content (AvgIpc) is 2.38. The molecule has 1 aliphatic rings. The van der Waals surface area contributed by atoms with Crippen molar-refractivity contribution < 1.29 is 4.74 Å². The molecule has 1 unspecified atom stereocenters. The second-order valence-electron chi connectivity index (χ2n) is 3.80. The van der Waals surface area contributed by atoms with E-state index in [0.29, 0.717) is 11.6 Å². The average molecular weight is 217 g/mol. The van der Waals surface area contributed by atoms with Crippen LogP contribution in [-0.4, -0.2) is 32.3 Å². The SMILES string of the molecule is N#Cc1ccc(NCC2COCCN2)cc1. The quantitative estimate of drug-likeness (QED) is 0.791. The molecular formula is C12H15N3O. The van der Waals surface area contributed by atoms with Crippen LogP contribution in [0.5, 0.6) is 0 Å². The van der Waals surface area contributed by atoms with Crippen molar-refractivity contribution in [1.29, 1.82) is 5.26 Å². The first-order valence-electron chi connectivity index (χ1n) is 5.43. The van der Waals surface area contributed by atoms with Gasteiger partial charge in [0.2, 0.25) is 0 Å². The predicted molar refractivity (Wildman–Crippen MR) is 62.3 cm³/mol. The Hall–Kier alpha value is -1.57. The fraction of sp³-hybridized carbons (Fsp3) is 0.417. The molecule has 2 N–H and O–H groups in total. The lowest BCUT2D eigenvalue weighted by molar-refractivity contribution is 0.0806. The molecule has 1 aromatic rings. The maximum atomic E-state index is 8.67. The Balaban J connectivity index is 1.82. The van der Waals surface area contributed by atoms with Crippen LogP contribution in [0.4, 0.5) is 5.69 Å². The molecule has 0 spiro atoms. The third-order valence-corrected chi connectivity index (χ3v) is 2.57. The molecule has 0 aromatic heterocycles. The fourth-order valence-electron chi connectivity index (χ4n) is 1.65. The Morgan fingerprint density at radius 1 is 1.44 bits per heavy atom. The zero-order valence-corrected chi connectivity index (χ0v) is 9.07. The molecule has 0 saturated carbocycles. The molecule has 1 heterocycles. The summed E-state index contributed by atoms with van der Waals surface area (Å²) in [5, 5.41) is 15.4. The van der Waals surface area contributed by atoms with Gasteiger partial charge in [0.05, 0.1) is 24.8 Å². The van der Waals surface area contributed by atoms with E-state index in [-0.39, 0.29) is 0 Å². The van der Waals surface area contributed by atoms with E-state index in [4.69, 9.17) is 10.00 Å². The van der Waals surface area contributed by atoms with Gasteiger partial charge in [0.15, 0.2) is 0 Å². The Morgan fingerprint density at radius 2 is 2.25 bits per heavy atom. The van der Waals surface area contributed by atoms with Gasteiger partial charge in [0.1, 0.15) is 0 Å². The van der Waals surface area contributed by atoms with Crippen molar-refractivity contribution in [3.63, 3.8) is 0 Å². The standard InChI is InChI=1S/C12H15N3O/c13-7-10-1-3-11(4-2-10)15-8-12-9-16-6-5-14-12/h1-4,12,14-15H,5-6,8-9H2. The van der Waals surface area contributed by atoms with Crippen molar-refractivity contribution in [2.24, 2.45) is 0 Å². The van der Waals surface area contributed by atoms with Gasteiger partial charge in [-0.15, -0.1) is 0 Å². The number of hydrogen-bond donors (Lipinski definition) is 2. The highest BCUT2D eigenvalue weighted by molar-refractivity contribution is 5.47. The molecule has 0 bridgehead atoms. The third kappa shape index (κ3) is 2.96. The highest BCUT2D eigenvalue weighted by Gasteiger charge is 2.11. The summed E-state index contributed by atoms with van der Waals surface area (Å²) in [5.41, 5.74) is 1.72. The summed E-state index contributed by atoms with van der Waals surface area (Å²) in [5.74, 6) is 0. The number of anilines is 1. The molecule has 4 heteroatoms. The van der Waals surface area contributed by atoms with E-state index < -0.39 is 0 Å². The van der Waals surface area contributed by atoms with Crippen molar-refractivity contribution in [3.8, 4) is 6.07 Å². The molecule has 84 valence electrons. The number of nitrogens with zero attached hydrogens (tertiary/aromatic N) is 1. The minimum Gasteiger partial charge on any atom is -0.383 e. The normalized spacial score (nSPS) is 20.1. The van der Waals surface area contributed by atoms with Crippen molar-refractivity contribution in [3.05, 3.63) is 29.8 Å². The van der Waals surface area contributed by atoms with Crippen molar-refractivity contribution in [2.45, 2.75) is 6.04 Å². The van der Waals surface area contributed by atoms with Gasteiger partial charge in [-0.1, -0.05) is 0 Å². The smallest absolute Gasteiger partial charge is 0.0991 e. The van der Waals surface area contributed by atoms with Crippen LogP contribution >= 0.6 is 0 Å². The van der Waals surface area contributed by atoms with Gasteiger partial charge in [-0.2, -0.15) is 5.26 Å². The topological polar surface area (TPSA) is 57.1 Å². The lowest BCUT2D eigenvalue weighted by Gasteiger charge is -2.24. The molecule has 2 rings (SSSR count). The van der Waals surface area contributed by atoms with Gasteiger partial charge in [-0.05, 0) is 24.3 Å². The molecule has 16 heavy (non-hydrogen) atoms. The molecule has 1 aromatic carbocycles. The van der Waals surface area contributed by atoms with Gasteiger partial charge in [-0.3, -0.25) is 0 Å². The molecule has 1 aliphatic heterocycles. The predicted octanol–water partition coefficient (Wildman–Crippen LogP) is 0.959. The highest BCUT2D eigenvalue weighted by Crippen LogP contribution is 2.08. The summed E-state index contributed by atoms with van der Waals surface area (Å²) >= 11 is 0. The first kappa shape index (κ1) is 10.9. The molecule has 0 aliphatic carbocycles. The van der Waals surface area contributed by atoms with Crippen LogP contribution in [0, 0.1) is 11.3 Å². The van der Waals surface area contributed by atoms with E-state index in [1.54, 1.807) is 0 Å². The minimum atomic E-state index is 0.365. The number of hydrogen-bond acceptors (Lipinski definition) is 4. The molecule has 0 radical (unpaired) electrons. The van der Waals surface area contributed by atoms with Crippen LogP contribution in [0.1, 0.15) is 5.56 Å². The summed E-state index contributed by atoms with van der Waals surface area (Å²) in [4.78, 5) is 0. The number of rotatable bonds is 3. The first-order valence-corrected chi connectivity index (χ1v) is 5.43. The van der Waals surface area contributed by atoms with Crippen LogP contribution in [0.3, 0.4) is 0 Å². The second-order valence-corrected chi connectivity index (χ2v) is 3.80. The van der Waals surface area contributed by atoms with Crippen LogP contribution in [-0.2, 0) is 4.74 Å². The van der Waals surface area contributed by atoms with Crippen molar-refractivity contribution in [1.82, 2.24) is 5.32 Å². The number of nitriles is 1. The Morgan fingerprint density at radius 3 is 2.88 bits per heavy atom. The van der Waals surface area contributed by atoms with E-state index in [1.807, 2.05) is 24.3 Å². The highest BCUT2D eigenvalue weighted by atomic mass is 16.5. The largest absolute Gasteiger partial charge is 0.383 e. The van der Waals surface area contributed by atoms with Gasteiger partial charge in [-0.25, -0.2) is 0 Å². The van der Waals surface area contributed by atoms with Gasteiger partial charge in [0.25, 0.3) is 0 Å². The van der Waals surface area contributed by atoms with Crippen LogP contribution in [0.2, 0.25) is 0 Å². The molecule has 0 amide bonds. The summed E-state index contributed by atoms with van der Waals surface area (Å²) in [6.07, 6.45) is 0. The summed E-state index contributed by atoms with van der Waals surface area (Å²) < 4.78 is 5.36. The summed E-state index contributed by atoms with van der Waals surface area (Å²) in [7, 11) is 0. The Bertz CT molecular complexity index is 363. The van der Waals surface area contributed by atoms with Gasteiger partial charge >= 0.3 is 0 Å². The van der Waals surface area contributed by atoms with Crippen molar-refractivity contribution >= 4 is 5.69 Å². The van der Waals surface area contributed by atoms with Crippen LogP contribution in [0.15, 0.2) is 24.3 Å². The first-order chi connectivity index (χ1) is 7.88. The van der Waals surface area contributed by atoms with E-state index in [9.17, 15) is 0 Å². The number of nitrogens with one attached hydrogen (secondary N) is 2. The zero-order chi connectivity index (χ0) is 11.2. The Labute approximate surface area is 95.2 Å².